The molecule has 0 aromatic carbocycles. The lowest BCUT2D eigenvalue weighted by molar-refractivity contribution is -0.870. The molecular formula is C28H58N2O5P+. The van der Waals surface area contributed by atoms with Gasteiger partial charge in [-0.3, -0.25) is 13.6 Å². The summed E-state index contributed by atoms with van der Waals surface area (Å²) in [5.74, 6) is 0.0755. The number of unbranched alkanes of at least 4 members (excludes halogenated alkanes) is 13. The summed E-state index contributed by atoms with van der Waals surface area (Å²) in [6.45, 7) is 6.76. The molecule has 0 radical (unpaired) electrons. The first kappa shape index (κ1) is 35.5. The Labute approximate surface area is 223 Å². The van der Waals surface area contributed by atoms with Crippen LogP contribution in [0, 0.1) is 17.2 Å². The molecular weight excluding hydrogens is 475 g/mol. The molecule has 0 heterocycles. The third kappa shape index (κ3) is 25.2. The van der Waals surface area contributed by atoms with Crippen LogP contribution in [0.4, 0.5) is 0 Å². The molecule has 0 N–H and O–H groups in total. The van der Waals surface area contributed by atoms with E-state index in [0.717, 1.165) is 13.0 Å². The fourth-order valence-electron chi connectivity index (χ4n) is 3.69. The molecule has 0 aliphatic carbocycles. The van der Waals surface area contributed by atoms with Crippen LogP contribution in [0.5, 0.6) is 0 Å². The summed E-state index contributed by atoms with van der Waals surface area (Å²) >= 11 is 0. The van der Waals surface area contributed by atoms with Crippen LogP contribution in [-0.4, -0.2) is 65.2 Å². The average Bonchev–Trinajstić information content (AvgIpc) is 2.82. The van der Waals surface area contributed by atoms with Gasteiger partial charge in [0.25, 0.3) is 0 Å². The maximum atomic E-state index is 12.9. The van der Waals surface area contributed by atoms with E-state index in [1.54, 1.807) is 0 Å². The predicted molar refractivity (Wildman–Crippen MR) is 149 cm³/mol. The van der Waals surface area contributed by atoms with Gasteiger partial charge in [0.05, 0.1) is 53.5 Å². The summed E-state index contributed by atoms with van der Waals surface area (Å²) in [6.07, 6.45) is 19.0. The van der Waals surface area contributed by atoms with Crippen molar-refractivity contribution < 1.29 is 27.4 Å². The van der Waals surface area contributed by atoms with E-state index in [-0.39, 0.29) is 32.2 Å². The molecule has 2 atom stereocenters. The molecule has 0 saturated heterocycles. The monoisotopic (exact) mass is 533 g/mol. The minimum atomic E-state index is -3.68. The van der Waals surface area contributed by atoms with Crippen molar-refractivity contribution in [2.75, 3.05) is 60.7 Å². The van der Waals surface area contributed by atoms with Crippen LogP contribution in [0.3, 0.4) is 0 Å². The van der Waals surface area contributed by atoms with Gasteiger partial charge in [-0.15, -0.1) is 0 Å². The maximum absolute atomic E-state index is 12.9. The van der Waals surface area contributed by atoms with E-state index >= 15 is 0 Å². The maximum Gasteiger partial charge on any atom is 0.475 e. The predicted octanol–water partition coefficient (Wildman–Crippen LogP) is 7.90. The Bertz CT molecular complexity index is 577. The second-order valence-electron chi connectivity index (χ2n) is 11.1. The Hall–Kier alpha value is -0.480. The minimum absolute atomic E-state index is 0.0299. The van der Waals surface area contributed by atoms with E-state index in [4.69, 9.17) is 23.6 Å². The number of quaternary nitrogens is 1. The molecule has 0 bridgehead atoms. The molecule has 7 nitrogen and oxygen atoms in total. The average molecular weight is 534 g/mol. The van der Waals surface area contributed by atoms with E-state index < -0.39 is 7.82 Å². The summed E-state index contributed by atoms with van der Waals surface area (Å²) < 4.78 is 35.7. The van der Waals surface area contributed by atoms with E-state index in [1.807, 2.05) is 34.1 Å². The van der Waals surface area contributed by atoms with Crippen LogP contribution >= 0.6 is 7.82 Å². The highest BCUT2D eigenvalue weighted by Gasteiger charge is 2.28. The Morgan fingerprint density at radius 2 is 1.22 bits per heavy atom. The van der Waals surface area contributed by atoms with Crippen molar-refractivity contribution in [1.82, 2.24) is 0 Å². The van der Waals surface area contributed by atoms with Crippen molar-refractivity contribution in [3.8, 4) is 6.07 Å². The van der Waals surface area contributed by atoms with Gasteiger partial charge in [0, 0.05) is 12.5 Å². The van der Waals surface area contributed by atoms with Gasteiger partial charge in [0.15, 0.2) is 0 Å². The fourth-order valence-corrected chi connectivity index (χ4v) is 4.97. The van der Waals surface area contributed by atoms with Crippen molar-refractivity contribution >= 4 is 7.82 Å². The molecule has 2 unspecified atom stereocenters. The van der Waals surface area contributed by atoms with Crippen LogP contribution in [0.2, 0.25) is 0 Å². The molecule has 0 fully saturated rings. The lowest BCUT2D eigenvalue weighted by Gasteiger charge is -2.25. The van der Waals surface area contributed by atoms with E-state index in [0.29, 0.717) is 17.6 Å². The van der Waals surface area contributed by atoms with Crippen molar-refractivity contribution in [1.29, 1.82) is 5.26 Å². The van der Waals surface area contributed by atoms with E-state index in [2.05, 4.69) is 6.92 Å². The highest BCUT2D eigenvalue weighted by molar-refractivity contribution is 7.48. The molecule has 0 spiro atoms. The number of phosphoric ester groups is 1. The van der Waals surface area contributed by atoms with Gasteiger partial charge in [0.1, 0.15) is 13.2 Å². The highest BCUT2D eigenvalue weighted by atomic mass is 31.2. The molecule has 0 aliphatic rings. The van der Waals surface area contributed by atoms with Crippen molar-refractivity contribution in [2.45, 2.75) is 110 Å². The van der Waals surface area contributed by atoms with E-state index in [9.17, 15) is 4.57 Å². The van der Waals surface area contributed by atoms with Crippen LogP contribution < -0.4 is 0 Å². The number of ether oxygens (including phenoxy) is 1. The quantitative estimate of drug-likeness (QED) is 0.0607. The third-order valence-electron chi connectivity index (χ3n) is 6.04. The standard InChI is InChI=1S/C28H58N2O5P/c1-6-7-8-9-10-11-12-13-14-15-16-17-18-19-23-32-26-28(2)27-35-36(31,33-24-20-21-29)34-25-22-30(3,4)5/h28H,6-20,22-27H2,1-5H3/q+1. The highest BCUT2D eigenvalue weighted by Crippen LogP contribution is 2.49. The summed E-state index contributed by atoms with van der Waals surface area (Å²) in [5, 5.41) is 8.71. The summed E-state index contributed by atoms with van der Waals surface area (Å²) in [4.78, 5) is 0. The largest absolute Gasteiger partial charge is 0.475 e. The van der Waals surface area contributed by atoms with Crippen molar-refractivity contribution in [3.05, 3.63) is 0 Å². The van der Waals surface area contributed by atoms with Crippen LogP contribution in [-0.2, 0) is 22.9 Å². The zero-order valence-electron chi connectivity index (χ0n) is 24.3. The molecule has 0 saturated carbocycles. The van der Waals surface area contributed by atoms with Gasteiger partial charge in [-0.25, -0.2) is 4.57 Å². The van der Waals surface area contributed by atoms with Gasteiger partial charge in [0.2, 0.25) is 0 Å². The van der Waals surface area contributed by atoms with Crippen molar-refractivity contribution in [2.24, 2.45) is 5.92 Å². The number of hydrogen-bond donors (Lipinski definition) is 0. The summed E-state index contributed by atoms with van der Waals surface area (Å²) in [6, 6.07) is 1.98. The van der Waals surface area contributed by atoms with Gasteiger partial charge >= 0.3 is 7.82 Å². The first-order valence-corrected chi connectivity index (χ1v) is 16.0. The second kappa shape index (κ2) is 23.6. The fraction of sp³-hybridized carbons (Fsp3) is 0.964. The molecule has 0 aromatic heterocycles. The third-order valence-corrected chi connectivity index (χ3v) is 7.50. The lowest BCUT2D eigenvalue weighted by atomic mass is 10.0. The van der Waals surface area contributed by atoms with Gasteiger partial charge in [-0.2, -0.15) is 5.26 Å². The number of hydrogen-bond acceptors (Lipinski definition) is 6. The van der Waals surface area contributed by atoms with Crippen LogP contribution in [0.25, 0.3) is 0 Å². The Morgan fingerprint density at radius 3 is 1.72 bits per heavy atom. The number of nitrogens with zero attached hydrogens (tertiary/aromatic N) is 2. The number of rotatable bonds is 27. The molecule has 0 aromatic rings. The smallest absolute Gasteiger partial charge is 0.381 e. The van der Waals surface area contributed by atoms with E-state index in [1.165, 1.54) is 83.5 Å². The second-order valence-corrected chi connectivity index (χ2v) is 12.8. The Morgan fingerprint density at radius 1 is 0.722 bits per heavy atom. The number of phosphoric acid groups is 1. The van der Waals surface area contributed by atoms with Crippen LogP contribution in [0.15, 0.2) is 0 Å². The van der Waals surface area contributed by atoms with Gasteiger partial charge < -0.3 is 9.22 Å². The Balaban J connectivity index is 3.75. The number of likely N-dealkylation sites (N-methyl/N-ethyl adjacent to an activating group) is 1. The Kier molecular flexibility index (Phi) is 23.3. The molecule has 0 aliphatic heterocycles. The first-order chi connectivity index (χ1) is 17.2. The molecule has 8 heteroatoms. The van der Waals surface area contributed by atoms with Crippen LogP contribution in [0.1, 0.15) is 110 Å². The van der Waals surface area contributed by atoms with Gasteiger partial charge in [-0.1, -0.05) is 97.3 Å². The SMILES string of the molecule is CCCCCCCCCCCCCCCCOCC(C)COP(=O)(OCCC#N)OCC[N+](C)(C)C. The normalized spacial score (nSPS) is 14.4. The summed E-state index contributed by atoms with van der Waals surface area (Å²) in [7, 11) is 2.41. The molecule has 214 valence electrons. The van der Waals surface area contributed by atoms with Crippen molar-refractivity contribution in [3.63, 3.8) is 0 Å². The topological polar surface area (TPSA) is 77.8 Å². The zero-order valence-corrected chi connectivity index (χ0v) is 25.2. The molecule has 0 rings (SSSR count). The first-order valence-electron chi connectivity index (χ1n) is 14.5. The molecule has 0 amide bonds. The summed E-state index contributed by atoms with van der Waals surface area (Å²) in [5.41, 5.74) is 0. The number of nitriles is 1. The molecule has 36 heavy (non-hydrogen) atoms. The van der Waals surface area contributed by atoms with Gasteiger partial charge in [-0.05, 0) is 6.42 Å². The zero-order chi connectivity index (χ0) is 27.0. The lowest BCUT2D eigenvalue weighted by Crippen LogP contribution is -2.37. The minimum Gasteiger partial charge on any atom is -0.381 e.